The Hall–Kier alpha value is -2.57. The second-order valence-corrected chi connectivity index (χ2v) is 12.5. The number of amides is 4. The number of aldehydes is 1. The summed E-state index contributed by atoms with van der Waals surface area (Å²) in [6, 6.07) is 0. The number of carbonyl (C=O) groups excluding carboxylic acids is 5. The van der Waals surface area contributed by atoms with E-state index in [1.54, 1.807) is 26.0 Å². The van der Waals surface area contributed by atoms with Crippen molar-refractivity contribution in [3.05, 3.63) is 0 Å². The van der Waals surface area contributed by atoms with E-state index in [1.807, 2.05) is 41.8 Å². The molecule has 12 nitrogen and oxygen atoms in total. The average molecular weight is 586 g/mol. The smallest absolute Gasteiger partial charge is 0.242 e. The SMILES string of the molecule is CC(C)CCN(C)CCNC(=O)CN(C)C(=O)CN(C)C(=O)CN(C)C(=O)CN(C)C.CNC(C)(C)C(C)(C)C=O. The van der Waals surface area contributed by atoms with Gasteiger partial charge in [0, 0.05) is 45.2 Å². The van der Waals surface area contributed by atoms with Crippen LogP contribution in [0.5, 0.6) is 0 Å². The summed E-state index contributed by atoms with van der Waals surface area (Å²) in [5, 5.41) is 5.92. The molecule has 0 atom stereocenters. The van der Waals surface area contributed by atoms with Crippen LogP contribution < -0.4 is 10.6 Å². The molecule has 12 heteroatoms. The molecule has 2 N–H and O–H groups in total. The molecule has 0 spiro atoms. The van der Waals surface area contributed by atoms with E-state index in [4.69, 9.17) is 0 Å². The summed E-state index contributed by atoms with van der Waals surface area (Å²) in [4.78, 5) is 67.0. The van der Waals surface area contributed by atoms with Gasteiger partial charge in [0.1, 0.15) is 6.29 Å². The van der Waals surface area contributed by atoms with Crippen molar-refractivity contribution in [1.29, 1.82) is 0 Å². The van der Waals surface area contributed by atoms with Gasteiger partial charge >= 0.3 is 0 Å². The second-order valence-electron chi connectivity index (χ2n) is 12.5. The van der Waals surface area contributed by atoms with Crippen molar-refractivity contribution < 1.29 is 24.0 Å². The van der Waals surface area contributed by atoms with E-state index in [-0.39, 0.29) is 60.8 Å². The first-order valence-corrected chi connectivity index (χ1v) is 14.2. The molecule has 0 bridgehead atoms. The first-order valence-electron chi connectivity index (χ1n) is 14.2. The van der Waals surface area contributed by atoms with Crippen molar-refractivity contribution in [3.63, 3.8) is 0 Å². The van der Waals surface area contributed by atoms with Crippen molar-refractivity contribution in [3.8, 4) is 0 Å². The normalized spacial score (nSPS) is 11.6. The summed E-state index contributed by atoms with van der Waals surface area (Å²) in [5.74, 6) is -0.467. The summed E-state index contributed by atoms with van der Waals surface area (Å²) in [7, 11) is 12.0. The summed E-state index contributed by atoms with van der Waals surface area (Å²) < 4.78 is 0. The molecule has 0 aromatic rings. The van der Waals surface area contributed by atoms with E-state index in [0.29, 0.717) is 12.5 Å². The zero-order valence-electron chi connectivity index (χ0n) is 28.1. The van der Waals surface area contributed by atoms with E-state index in [0.717, 1.165) is 25.8 Å². The van der Waals surface area contributed by atoms with Gasteiger partial charge in [-0.3, -0.25) is 19.2 Å². The topological polar surface area (TPSA) is 126 Å². The quantitative estimate of drug-likeness (QED) is 0.233. The Morgan fingerprint density at radius 2 is 1.17 bits per heavy atom. The Labute approximate surface area is 249 Å². The third-order valence-electron chi connectivity index (χ3n) is 7.29. The van der Waals surface area contributed by atoms with Crippen LogP contribution in [-0.2, 0) is 24.0 Å². The first kappa shape index (κ1) is 40.6. The maximum atomic E-state index is 12.3. The molecule has 0 aliphatic carbocycles. The molecule has 0 saturated heterocycles. The van der Waals surface area contributed by atoms with Crippen molar-refractivity contribution in [2.24, 2.45) is 11.3 Å². The van der Waals surface area contributed by atoms with Crippen molar-refractivity contribution in [1.82, 2.24) is 35.1 Å². The minimum atomic E-state index is -0.345. The molecule has 0 aliphatic rings. The molecule has 0 aromatic heterocycles. The fraction of sp³-hybridized carbons (Fsp3) is 0.828. The Bertz CT molecular complexity index is 830. The van der Waals surface area contributed by atoms with Gasteiger partial charge < -0.3 is 39.9 Å². The minimum absolute atomic E-state index is 0.0716. The molecule has 4 amide bonds. The van der Waals surface area contributed by atoms with Gasteiger partial charge in [0.2, 0.25) is 23.6 Å². The molecule has 0 aromatic carbocycles. The van der Waals surface area contributed by atoms with Gasteiger partial charge in [-0.05, 0) is 60.9 Å². The predicted molar refractivity (Wildman–Crippen MR) is 164 cm³/mol. The molecule has 240 valence electrons. The number of rotatable bonds is 17. The highest BCUT2D eigenvalue weighted by Gasteiger charge is 2.35. The van der Waals surface area contributed by atoms with Crippen LogP contribution in [0.15, 0.2) is 0 Å². The summed E-state index contributed by atoms with van der Waals surface area (Å²) in [5.41, 5.74) is -0.434. The maximum Gasteiger partial charge on any atom is 0.242 e. The van der Waals surface area contributed by atoms with E-state index in [2.05, 4.69) is 29.4 Å². The summed E-state index contributed by atoms with van der Waals surface area (Å²) >= 11 is 0. The zero-order valence-corrected chi connectivity index (χ0v) is 28.1. The van der Waals surface area contributed by atoms with Crippen LogP contribution in [0.1, 0.15) is 48.0 Å². The van der Waals surface area contributed by atoms with Gasteiger partial charge in [0.25, 0.3) is 0 Å². The molecule has 0 fully saturated rings. The van der Waals surface area contributed by atoms with Crippen molar-refractivity contribution >= 4 is 29.9 Å². The van der Waals surface area contributed by atoms with Gasteiger partial charge in [-0.25, -0.2) is 0 Å². The van der Waals surface area contributed by atoms with E-state index >= 15 is 0 Å². The standard InChI is InChI=1S/C21H42N6O4.C8H17NO/c1-17(2)9-11-24(5)12-10-22-18(28)13-25(6)20(30)15-27(8)21(31)16-26(7)19(29)14-23(3)4;1-7(2,6-10)8(3,4)9-5/h17H,9-16H2,1-8H3,(H,22,28);6,9H,1-5H3. The average Bonchev–Trinajstić information content (AvgIpc) is 2.86. The molecule has 0 aliphatic heterocycles. The number of nitrogens with zero attached hydrogens (tertiary/aromatic N) is 5. The highest BCUT2D eigenvalue weighted by atomic mass is 16.2. The number of likely N-dealkylation sites (N-methyl/N-ethyl adjacent to an activating group) is 5. The van der Waals surface area contributed by atoms with Crippen LogP contribution in [0, 0.1) is 11.3 Å². The molecular formula is C29H59N7O5. The van der Waals surface area contributed by atoms with Gasteiger partial charge in [-0.1, -0.05) is 27.7 Å². The number of carbonyl (C=O) groups is 5. The van der Waals surface area contributed by atoms with Crippen LogP contribution >= 0.6 is 0 Å². The Balaban J connectivity index is 0. The molecule has 0 unspecified atom stereocenters. The fourth-order valence-electron chi connectivity index (χ4n) is 3.02. The highest BCUT2D eigenvalue weighted by molar-refractivity contribution is 5.90. The number of hydrogen-bond acceptors (Lipinski definition) is 8. The number of nitrogens with one attached hydrogen (secondary N) is 2. The highest BCUT2D eigenvalue weighted by Crippen LogP contribution is 2.26. The number of hydrogen-bond donors (Lipinski definition) is 2. The van der Waals surface area contributed by atoms with Crippen LogP contribution in [0.2, 0.25) is 0 Å². The van der Waals surface area contributed by atoms with Gasteiger partial charge in [0.05, 0.1) is 26.2 Å². The first-order chi connectivity index (χ1) is 18.7. The largest absolute Gasteiger partial charge is 0.353 e. The third kappa shape index (κ3) is 17.8. The molecule has 0 saturated carbocycles. The van der Waals surface area contributed by atoms with Gasteiger partial charge in [0.15, 0.2) is 0 Å². The molecule has 0 radical (unpaired) electrons. The van der Waals surface area contributed by atoms with Gasteiger partial charge in [-0.2, -0.15) is 0 Å². The van der Waals surface area contributed by atoms with E-state index in [1.165, 1.54) is 28.8 Å². The molecule has 0 heterocycles. The lowest BCUT2D eigenvalue weighted by atomic mass is 9.76. The fourth-order valence-corrected chi connectivity index (χ4v) is 3.02. The summed E-state index contributed by atoms with van der Waals surface area (Å²) in [6.45, 7) is 14.3. The van der Waals surface area contributed by atoms with Crippen LogP contribution in [0.3, 0.4) is 0 Å². The third-order valence-corrected chi connectivity index (χ3v) is 7.29. The Kier molecular flexibility index (Phi) is 19.3. The molecule has 0 rings (SSSR count). The Morgan fingerprint density at radius 1 is 0.732 bits per heavy atom. The van der Waals surface area contributed by atoms with Crippen LogP contribution in [0.4, 0.5) is 0 Å². The lowest BCUT2D eigenvalue weighted by molar-refractivity contribution is -0.143. The Morgan fingerprint density at radius 3 is 1.54 bits per heavy atom. The van der Waals surface area contributed by atoms with Gasteiger partial charge in [-0.15, -0.1) is 0 Å². The second kappa shape index (κ2) is 19.5. The maximum absolute atomic E-state index is 12.3. The predicted octanol–water partition coefficient (Wildman–Crippen LogP) is 0.227. The van der Waals surface area contributed by atoms with E-state index in [9.17, 15) is 24.0 Å². The monoisotopic (exact) mass is 585 g/mol. The van der Waals surface area contributed by atoms with Crippen LogP contribution in [-0.4, -0.2) is 155 Å². The lowest BCUT2D eigenvalue weighted by Crippen LogP contribution is -2.50. The molecule has 41 heavy (non-hydrogen) atoms. The molecular weight excluding hydrogens is 526 g/mol. The van der Waals surface area contributed by atoms with Crippen molar-refractivity contribution in [2.45, 2.75) is 53.5 Å². The zero-order chi connectivity index (χ0) is 32.6. The van der Waals surface area contributed by atoms with Crippen LogP contribution in [0.25, 0.3) is 0 Å². The van der Waals surface area contributed by atoms with E-state index < -0.39 is 0 Å². The lowest BCUT2D eigenvalue weighted by Gasteiger charge is -2.36. The van der Waals surface area contributed by atoms with Crippen molar-refractivity contribution in [2.75, 3.05) is 95.1 Å². The minimum Gasteiger partial charge on any atom is -0.353 e. The summed E-state index contributed by atoms with van der Waals surface area (Å²) in [6.07, 6.45) is 2.09.